The molecule has 3 aliphatic rings. The van der Waals surface area contributed by atoms with E-state index in [0.717, 1.165) is 18.6 Å². The highest BCUT2D eigenvalue weighted by Gasteiger charge is 2.40. The van der Waals surface area contributed by atoms with Crippen LogP contribution in [-0.2, 0) is 4.74 Å². The first-order valence-electron chi connectivity index (χ1n) is 8.40. The van der Waals surface area contributed by atoms with E-state index in [0.29, 0.717) is 0 Å². The van der Waals surface area contributed by atoms with Gasteiger partial charge in [-0.1, -0.05) is 0 Å². The summed E-state index contributed by atoms with van der Waals surface area (Å²) in [5, 5.41) is 3.55. The van der Waals surface area contributed by atoms with Gasteiger partial charge in [-0.15, -0.1) is 0 Å². The third-order valence-electron chi connectivity index (χ3n) is 5.44. The normalized spacial score (nSPS) is 34.5. The van der Waals surface area contributed by atoms with Crippen LogP contribution < -0.4 is 5.32 Å². The Labute approximate surface area is 128 Å². The molecule has 1 spiro atoms. The van der Waals surface area contributed by atoms with Gasteiger partial charge >= 0.3 is 0 Å². The zero-order chi connectivity index (χ0) is 13.8. The summed E-state index contributed by atoms with van der Waals surface area (Å²) in [5.41, 5.74) is 0.229. The molecule has 2 unspecified atom stereocenters. The number of nitrogens with one attached hydrogen (secondary N) is 1. The van der Waals surface area contributed by atoms with Gasteiger partial charge in [0.05, 0.1) is 5.60 Å². The average molecular weight is 298 g/mol. The van der Waals surface area contributed by atoms with Gasteiger partial charge in [0.15, 0.2) is 0 Å². The molecule has 1 N–H and O–H groups in total. The van der Waals surface area contributed by atoms with Gasteiger partial charge in [-0.2, -0.15) is 11.8 Å². The molecule has 0 aromatic carbocycles. The van der Waals surface area contributed by atoms with Crippen LogP contribution in [0.3, 0.4) is 0 Å². The Bertz CT molecular complexity index is 295. The summed E-state index contributed by atoms with van der Waals surface area (Å²) in [6.45, 7) is 4.68. The molecule has 20 heavy (non-hydrogen) atoms. The monoisotopic (exact) mass is 298 g/mol. The summed E-state index contributed by atoms with van der Waals surface area (Å²) in [5.74, 6) is 3.45. The van der Waals surface area contributed by atoms with Crippen molar-refractivity contribution >= 4 is 11.8 Å². The van der Waals surface area contributed by atoms with E-state index in [2.05, 4.69) is 29.0 Å². The van der Waals surface area contributed by atoms with E-state index in [1.807, 2.05) is 0 Å². The quantitative estimate of drug-likeness (QED) is 0.864. The van der Waals surface area contributed by atoms with Crippen LogP contribution in [0.5, 0.6) is 0 Å². The van der Waals surface area contributed by atoms with Gasteiger partial charge in [0.25, 0.3) is 0 Å². The van der Waals surface area contributed by atoms with Gasteiger partial charge in [-0.05, 0) is 76.1 Å². The fourth-order valence-electron chi connectivity index (χ4n) is 4.11. The molecule has 3 heterocycles. The molecule has 0 saturated carbocycles. The second kappa shape index (κ2) is 6.99. The Morgan fingerprint density at radius 1 is 1.30 bits per heavy atom. The minimum Gasteiger partial charge on any atom is -0.375 e. The summed E-state index contributed by atoms with van der Waals surface area (Å²) in [7, 11) is 2.34. The lowest BCUT2D eigenvalue weighted by atomic mass is 9.84. The number of rotatable bonds is 3. The zero-order valence-electron chi connectivity index (χ0n) is 12.9. The van der Waals surface area contributed by atoms with Crippen LogP contribution in [-0.4, -0.2) is 61.3 Å². The van der Waals surface area contributed by atoms with Gasteiger partial charge in [0, 0.05) is 19.2 Å². The molecule has 3 aliphatic heterocycles. The van der Waals surface area contributed by atoms with Crippen molar-refractivity contribution in [2.45, 2.75) is 50.2 Å². The lowest BCUT2D eigenvalue weighted by molar-refractivity contribution is -0.109. The first-order valence-corrected chi connectivity index (χ1v) is 9.56. The third kappa shape index (κ3) is 3.70. The summed E-state index contributed by atoms with van der Waals surface area (Å²) >= 11 is 2.10. The van der Waals surface area contributed by atoms with Gasteiger partial charge in [0.2, 0.25) is 0 Å². The predicted molar refractivity (Wildman–Crippen MR) is 86.5 cm³/mol. The Morgan fingerprint density at radius 2 is 2.15 bits per heavy atom. The van der Waals surface area contributed by atoms with Crippen molar-refractivity contribution in [3.05, 3.63) is 0 Å². The van der Waals surface area contributed by atoms with Crippen LogP contribution in [0.1, 0.15) is 38.5 Å². The molecule has 3 rings (SSSR count). The predicted octanol–water partition coefficient (Wildman–Crippen LogP) is 2.36. The van der Waals surface area contributed by atoms with Crippen LogP contribution in [0, 0.1) is 5.92 Å². The van der Waals surface area contributed by atoms with Crippen molar-refractivity contribution in [1.82, 2.24) is 10.2 Å². The number of thioether (sulfide) groups is 1. The average Bonchev–Trinajstić information content (AvgIpc) is 2.49. The summed E-state index contributed by atoms with van der Waals surface area (Å²) in [6, 6.07) is 0.744. The molecule has 0 bridgehead atoms. The number of piperidine rings is 1. The molecule has 3 saturated heterocycles. The Morgan fingerprint density at radius 3 is 2.90 bits per heavy atom. The van der Waals surface area contributed by atoms with Gasteiger partial charge in [0.1, 0.15) is 0 Å². The van der Waals surface area contributed by atoms with Crippen LogP contribution in [0.2, 0.25) is 0 Å². The van der Waals surface area contributed by atoms with E-state index >= 15 is 0 Å². The number of hydrogen-bond acceptors (Lipinski definition) is 4. The van der Waals surface area contributed by atoms with Crippen molar-refractivity contribution < 1.29 is 4.74 Å². The summed E-state index contributed by atoms with van der Waals surface area (Å²) < 4.78 is 6.22. The second-order valence-electron chi connectivity index (χ2n) is 6.94. The van der Waals surface area contributed by atoms with E-state index in [1.54, 1.807) is 0 Å². The van der Waals surface area contributed by atoms with Crippen LogP contribution in [0.4, 0.5) is 0 Å². The molecular formula is C16H30N2OS. The first-order chi connectivity index (χ1) is 9.77. The molecule has 0 aromatic rings. The molecular weight excluding hydrogens is 268 g/mol. The third-order valence-corrected chi connectivity index (χ3v) is 6.43. The SMILES string of the molecule is CN(CC1CCCNC1)C1CCOC2(CCSCC2)C1. The van der Waals surface area contributed by atoms with E-state index in [4.69, 9.17) is 4.74 Å². The number of hydrogen-bond donors (Lipinski definition) is 1. The fourth-order valence-corrected chi connectivity index (χ4v) is 5.34. The van der Waals surface area contributed by atoms with E-state index in [9.17, 15) is 0 Å². The topological polar surface area (TPSA) is 24.5 Å². The lowest BCUT2D eigenvalue weighted by Gasteiger charge is -2.46. The Balaban J connectivity index is 1.52. The van der Waals surface area contributed by atoms with Crippen LogP contribution >= 0.6 is 11.8 Å². The summed E-state index contributed by atoms with van der Waals surface area (Å²) in [4.78, 5) is 2.64. The zero-order valence-corrected chi connectivity index (χ0v) is 13.7. The van der Waals surface area contributed by atoms with Crippen molar-refractivity contribution in [1.29, 1.82) is 0 Å². The fraction of sp³-hybridized carbons (Fsp3) is 1.00. The van der Waals surface area contributed by atoms with Gasteiger partial charge in [-0.25, -0.2) is 0 Å². The lowest BCUT2D eigenvalue weighted by Crippen LogP contribution is -2.50. The summed E-state index contributed by atoms with van der Waals surface area (Å²) in [6.07, 6.45) is 7.80. The highest BCUT2D eigenvalue weighted by atomic mass is 32.2. The van der Waals surface area contributed by atoms with Crippen LogP contribution in [0.25, 0.3) is 0 Å². The highest BCUT2D eigenvalue weighted by molar-refractivity contribution is 7.99. The van der Waals surface area contributed by atoms with Gasteiger partial charge < -0.3 is 15.0 Å². The van der Waals surface area contributed by atoms with E-state index < -0.39 is 0 Å². The van der Waals surface area contributed by atoms with Crippen molar-refractivity contribution in [2.75, 3.05) is 44.8 Å². The molecule has 0 aliphatic carbocycles. The number of ether oxygens (including phenoxy) is 1. The maximum absolute atomic E-state index is 6.22. The molecule has 2 atom stereocenters. The Kier molecular flexibility index (Phi) is 5.29. The molecule has 4 heteroatoms. The van der Waals surface area contributed by atoms with Crippen molar-refractivity contribution in [2.24, 2.45) is 5.92 Å². The van der Waals surface area contributed by atoms with E-state index in [1.165, 1.54) is 69.7 Å². The number of nitrogens with zero attached hydrogens (tertiary/aromatic N) is 1. The van der Waals surface area contributed by atoms with Gasteiger partial charge in [-0.3, -0.25) is 0 Å². The molecule has 116 valence electrons. The second-order valence-corrected chi connectivity index (χ2v) is 8.17. The molecule has 0 amide bonds. The Hall–Kier alpha value is 0.230. The first kappa shape index (κ1) is 15.1. The van der Waals surface area contributed by atoms with Crippen molar-refractivity contribution in [3.8, 4) is 0 Å². The molecule has 0 radical (unpaired) electrons. The molecule has 3 nitrogen and oxygen atoms in total. The highest BCUT2D eigenvalue weighted by Crippen LogP contribution is 2.38. The molecule has 3 fully saturated rings. The standard InChI is InChI=1S/C16H30N2OS/c1-18(13-14-3-2-7-17-12-14)15-4-8-19-16(11-15)5-9-20-10-6-16/h14-15,17H,2-13H2,1H3. The maximum atomic E-state index is 6.22. The minimum absolute atomic E-state index is 0.229. The maximum Gasteiger partial charge on any atom is 0.0713 e. The van der Waals surface area contributed by atoms with Crippen molar-refractivity contribution in [3.63, 3.8) is 0 Å². The smallest absolute Gasteiger partial charge is 0.0713 e. The van der Waals surface area contributed by atoms with E-state index in [-0.39, 0.29) is 5.60 Å². The van der Waals surface area contributed by atoms with Crippen LogP contribution in [0.15, 0.2) is 0 Å². The minimum atomic E-state index is 0.229. The largest absolute Gasteiger partial charge is 0.375 e. The molecule has 0 aromatic heterocycles.